The van der Waals surface area contributed by atoms with Crippen molar-refractivity contribution in [3.63, 3.8) is 0 Å². The minimum atomic E-state index is -2.68. The predicted molar refractivity (Wildman–Crippen MR) is 173 cm³/mol. The lowest BCUT2D eigenvalue weighted by atomic mass is 9.85. The first-order valence-electron chi connectivity index (χ1n) is 16.0. The van der Waals surface area contributed by atoms with E-state index in [4.69, 9.17) is 4.43 Å². The Kier molecular flexibility index (Phi) is 8.60. The highest BCUT2D eigenvalue weighted by molar-refractivity contribution is 6.99. The van der Waals surface area contributed by atoms with Crippen molar-refractivity contribution >= 4 is 18.7 Å². The summed E-state index contributed by atoms with van der Waals surface area (Å²) in [5.74, 6) is 2.18. The minimum Gasteiger partial charge on any atom is -0.400 e. The highest BCUT2D eigenvalue weighted by Crippen LogP contribution is 2.40. The van der Waals surface area contributed by atoms with Crippen molar-refractivity contribution in [2.45, 2.75) is 88.6 Å². The molecule has 2 aliphatic rings. The van der Waals surface area contributed by atoms with E-state index >= 15 is 4.39 Å². The monoisotopic (exact) mass is 615 g/mol. The molecule has 2 aromatic heterocycles. The van der Waals surface area contributed by atoms with E-state index in [0.717, 1.165) is 50.4 Å². The molecule has 2 aromatic carbocycles. The Morgan fingerprint density at radius 1 is 0.864 bits per heavy atom. The van der Waals surface area contributed by atoms with Crippen molar-refractivity contribution < 1.29 is 8.82 Å². The number of nitrogens with zero attached hydrogens (tertiary/aromatic N) is 7. The molecular weight excluding hydrogens is 570 g/mol. The van der Waals surface area contributed by atoms with E-state index in [0.29, 0.717) is 31.1 Å². The van der Waals surface area contributed by atoms with E-state index in [1.807, 2.05) is 17.9 Å². The van der Waals surface area contributed by atoms with Crippen molar-refractivity contribution in [1.82, 2.24) is 34.7 Å². The standard InChI is InChI=1S/C34H46FN7OSi/c1-33(2,3)44(28-12-8-6-9-13-28,29-14-10-7-11-15-29)43-25-31-37-38-32(41(31)5)26-16-18-27(19-17-26)42-24-30(36-39-42)34(35)20-22-40(4)23-21-34/h6-15,24,26-27H,16-23,25H2,1-5H3/t26-,27-. The van der Waals surface area contributed by atoms with Crippen molar-refractivity contribution in [3.05, 3.63) is 84.2 Å². The lowest BCUT2D eigenvalue weighted by Gasteiger charge is -2.42. The fraction of sp³-hybridized carbons (Fsp3) is 0.529. The molecule has 44 heavy (non-hydrogen) atoms. The van der Waals surface area contributed by atoms with Crippen LogP contribution in [0.4, 0.5) is 4.39 Å². The van der Waals surface area contributed by atoms with Crippen molar-refractivity contribution in [2.75, 3.05) is 20.1 Å². The number of rotatable bonds is 8. The Bertz CT molecular complexity index is 1480. The van der Waals surface area contributed by atoms with Crippen LogP contribution in [-0.2, 0) is 23.7 Å². The van der Waals surface area contributed by atoms with Crippen LogP contribution >= 0.6 is 0 Å². The summed E-state index contributed by atoms with van der Waals surface area (Å²) in [5.41, 5.74) is -0.875. The maximum Gasteiger partial charge on any atom is 0.261 e. The average Bonchev–Trinajstić information content (AvgIpc) is 3.68. The Hall–Kier alpha value is -3.21. The summed E-state index contributed by atoms with van der Waals surface area (Å²) < 4.78 is 26.8. The molecule has 8 nitrogen and oxygen atoms in total. The second-order valence-electron chi connectivity index (χ2n) is 13.8. The number of hydrogen-bond donors (Lipinski definition) is 0. The van der Waals surface area contributed by atoms with Gasteiger partial charge in [0.2, 0.25) is 0 Å². The number of halogens is 1. The Balaban J connectivity index is 1.15. The van der Waals surface area contributed by atoms with Crippen LogP contribution in [0.1, 0.15) is 88.6 Å². The molecule has 3 heterocycles. The third-order valence-electron chi connectivity index (χ3n) is 10.0. The van der Waals surface area contributed by atoms with Gasteiger partial charge in [-0.05, 0) is 48.1 Å². The third kappa shape index (κ3) is 5.79. The lowest BCUT2D eigenvalue weighted by molar-refractivity contribution is 0.0632. The average molecular weight is 616 g/mol. The van der Waals surface area contributed by atoms with Crippen LogP contribution in [0.3, 0.4) is 0 Å². The van der Waals surface area contributed by atoms with Gasteiger partial charge < -0.3 is 13.9 Å². The number of likely N-dealkylation sites (tertiary alicyclic amines) is 1. The molecule has 0 spiro atoms. The van der Waals surface area contributed by atoms with Crippen LogP contribution in [0.2, 0.25) is 5.04 Å². The van der Waals surface area contributed by atoms with Crippen LogP contribution in [-0.4, -0.2) is 63.1 Å². The van der Waals surface area contributed by atoms with Crippen LogP contribution in [0.25, 0.3) is 0 Å². The van der Waals surface area contributed by atoms with Gasteiger partial charge in [-0.15, -0.1) is 15.3 Å². The van der Waals surface area contributed by atoms with Crippen molar-refractivity contribution in [2.24, 2.45) is 7.05 Å². The van der Waals surface area contributed by atoms with Gasteiger partial charge in [-0.1, -0.05) is 86.6 Å². The zero-order valence-electron chi connectivity index (χ0n) is 26.8. The summed E-state index contributed by atoms with van der Waals surface area (Å²) in [6.45, 7) is 8.76. The summed E-state index contributed by atoms with van der Waals surface area (Å²) >= 11 is 0. The topological polar surface area (TPSA) is 73.9 Å². The van der Waals surface area contributed by atoms with Crippen molar-refractivity contribution in [3.8, 4) is 0 Å². The van der Waals surface area contributed by atoms with Crippen LogP contribution in [0.15, 0.2) is 66.9 Å². The van der Waals surface area contributed by atoms with Gasteiger partial charge in [0.1, 0.15) is 11.5 Å². The number of hydrogen-bond acceptors (Lipinski definition) is 6. The Morgan fingerprint density at radius 2 is 1.45 bits per heavy atom. The molecule has 1 saturated heterocycles. The maximum absolute atomic E-state index is 15.6. The van der Waals surface area contributed by atoms with E-state index in [1.165, 1.54) is 10.4 Å². The highest BCUT2D eigenvalue weighted by Gasteiger charge is 2.50. The molecule has 0 atom stereocenters. The van der Waals surface area contributed by atoms with Gasteiger partial charge in [-0.3, -0.25) is 0 Å². The molecule has 0 bridgehead atoms. The van der Waals surface area contributed by atoms with E-state index in [1.54, 1.807) is 0 Å². The fourth-order valence-electron chi connectivity index (χ4n) is 7.28. The van der Waals surface area contributed by atoms with Gasteiger partial charge in [0.25, 0.3) is 8.32 Å². The second kappa shape index (κ2) is 12.3. The number of piperidine rings is 1. The molecular formula is C34H46FN7OSi. The molecule has 1 aliphatic carbocycles. The first kappa shape index (κ1) is 30.8. The van der Waals surface area contributed by atoms with Crippen LogP contribution in [0.5, 0.6) is 0 Å². The first-order valence-corrected chi connectivity index (χ1v) is 17.9. The molecule has 1 saturated carbocycles. The van der Waals surface area contributed by atoms with Gasteiger partial charge in [0, 0.05) is 38.9 Å². The molecule has 0 N–H and O–H groups in total. The van der Waals surface area contributed by atoms with E-state index in [2.05, 4.69) is 118 Å². The number of aromatic nitrogens is 6. The maximum atomic E-state index is 15.6. The molecule has 10 heteroatoms. The lowest BCUT2D eigenvalue weighted by Crippen LogP contribution is -2.66. The van der Waals surface area contributed by atoms with Gasteiger partial charge in [0.05, 0.1) is 18.8 Å². The molecule has 0 unspecified atom stereocenters. The third-order valence-corrected chi connectivity index (χ3v) is 15.0. The minimum absolute atomic E-state index is 0.105. The summed E-state index contributed by atoms with van der Waals surface area (Å²) in [6, 6.07) is 21.6. The smallest absolute Gasteiger partial charge is 0.261 e. The molecule has 1 aliphatic heterocycles. The molecule has 6 rings (SSSR count). The molecule has 234 valence electrons. The highest BCUT2D eigenvalue weighted by atomic mass is 28.4. The number of alkyl halides is 1. The fourth-order valence-corrected chi connectivity index (χ4v) is 11.8. The normalized spacial score (nSPS) is 21.4. The van der Waals surface area contributed by atoms with E-state index in [9.17, 15) is 0 Å². The number of benzene rings is 2. The summed E-state index contributed by atoms with van der Waals surface area (Å²) in [7, 11) is 1.43. The molecule has 2 fully saturated rings. The zero-order chi connectivity index (χ0) is 31.0. The van der Waals surface area contributed by atoms with E-state index in [-0.39, 0.29) is 11.1 Å². The van der Waals surface area contributed by atoms with Crippen LogP contribution < -0.4 is 10.4 Å². The SMILES string of the molecule is CN1CCC(F)(c2cn([C@H]3CC[C@H](c4nnc(CO[Si](c5ccccc5)(c5ccccc5)C(C)(C)C)n4C)CC3)nn2)CC1. The second-order valence-corrected chi connectivity index (χ2v) is 18.1. The predicted octanol–water partition coefficient (Wildman–Crippen LogP) is 5.27. The zero-order valence-corrected chi connectivity index (χ0v) is 27.8. The first-order chi connectivity index (χ1) is 21.1. The Morgan fingerprint density at radius 3 is 2.02 bits per heavy atom. The summed E-state index contributed by atoms with van der Waals surface area (Å²) in [4.78, 5) is 2.17. The largest absolute Gasteiger partial charge is 0.400 e. The van der Waals surface area contributed by atoms with Crippen molar-refractivity contribution in [1.29, 1.82) is 0 Å². The van der Waals surface area contributed by atoms with Crippen LogP contribution in [0, 0.1) is 0 Å². The van der Waals surface area contributed by atoms with Gasteiger partial charge in [0.15, 0.2) is 11.5 Å². The quantitative estimate of drug-likeness (QED) is 0.252. The summed E-state index contributed by atoms with van der Waals surface area (Å²) in [5, 5.41) is 20.4. The Labute approximate surface area is 261 Å². The summed E-state index contributed by atoms with van der Waals surface area (Å²) in [6.07, 6.45) is 6.68. The molecule has 4 aromatic rings. The molecule has 0 amide bonds. The molecule has 0 radical (unpaired) electrons. The van der Waals surface area contributed by atoms with E-state index < -0.39 is 14.0 Å². The van der Waals surface area contributed by atoms with Gasteiger partial charge in [-0.25, -0.2) is 9.07 Å². The van der Waals surface area contributed by atoms with Gasteiger partial charge >= 0.3 is 0 Å². The van der Waals surface area contributed by atoms with Gasteiger partial charge in [-0.2, -0.15) is 0 Å².